The van der Waals surface area contributed by atoms with Crippen molar-refractivity contribution in [3.05, 3.63) is 35.4 Å². The average Bonchev–Trinajstić information content (AvgIpc) is 2.62. The van der Waals surface area contributed by atoms with Crippen molar-refractivity contribution in [2.45, 2.75) is 51.5 Å². The second-order valence-corrected chi connectivity index (χ2v) is 7.59. The lowest BCUT2D eigenvalue weighted by atomic mass is 9.71. The lowest BCUT2D eigenvalue weighted by Crippen LogP contribution is -2.41. The van der Waals surface area contributed by atoms with Gasteiger partial charge in [0.25, 0.3) is 0 Å². The number of hydrogen-bond donors (Lipinski definition) is 2. The number of nitrogens with zero attached hydrogens (tertiary/aromatic N) is 1. The Morgan fingerprint density at radius 2 is 1.92 bits per heavy atom. The number of amides is 1. The second kappa shape index (κ2) is 8.13. The maximum atomic E-state index is 12.3. The van der Waals surface area contributed by atoms with Gasteiger partial charge >= 0.3 is 0 Å². The van der Waals surface area contributed by atoms with E-state index in [1.807, 2.05) is 0 Å². The first-order chi connectivity index (χ1) is 11.7. The molecule has 3 rings (SSSR count). The van der Waals surface area contributed by atoms with Crippen LogP contribution in [0.1, 0.15) is 49.7 Å². The Morgan fingerprint density at radius 1 is 1.17 bits per heavy atom. The Labute approximate surface area is 145 Å². The molecule has 1 fully saturated rings. The summed E-state index contributed by atoms with van der Waals surface area (Å²) in [4.78, 5) is 14.8. The van der Waals surface area contributed by atoms with E-state index in [0.717, 1.165) is 45.4 Å². The summed E-state index contributed by atoms with van der Waals surface area (Å²) in [5.74, 6) is 0.180. The highest BCUT2D eigenvalue weighted by Crippen LogP contribution is 2.38. The van der Waals surface area contributed by atoms with E-state index >= 15 is 0 Å². The quantitative estimate of drug-likeness (QED) is 0.843. The molecule has 1 aromatic rings. The molecule has 132 valence electrons. The number of benzene rings is 1. The van der Waals surface area contributed by atoms with Crippen LogP contribution in [0.2, 0.25) is 0 Å². The van der Waals surface area contributed by atoms with Crippen molar-refractivity contribution in [1.29, 1.82) is 0 Å². The van der Waals surface area contributed by atoms with Crippen LogP contribution in [0, 0.1) is 5.41 Å². The van der Waals surface area contributed by atoms with Crippen LogP contribution >= 0.6 is 0 Å². The molecule has 1 heterocycles. The standard InChI is InChI=1S/C20H31N3O/c21-16-20(9-4-1-5-10-20)14-19(24)22-11-13-23-12-8-17-6-2-3-7-18(17)15-23/h2-3,6-7H,1,4-5,8-16,21H2,(H,22,24). The maximum Gasteiger partial charge on any atom is 0.220 e. The summed E-state index contributed by atoms with van der Waals surface area (Å²) < 4.78 is 0. The molecule has 4 nitrogen and oxygen atoms in total. The van der Waals surface area contributed by atoms with Gasteiger partial charge in [-0.15, -0.1) is 0 Å². The minimum absolute atomic E-state index is 0.0619. The summed E-state index contributed by atoms with van der Waals surface area (Å²) in [6.07, 6.45) is 7.67. The Balaban J connectivity index is 1.41. The van der Waals surface area contributed by atoms with E-state index in [0.29, 0.717) is 13.0 Å². The van der Waals surface area contributed by atoms with Crippen LogP contribution < -0.4 is 11.1 Å². The van der Waals surface area contributed by atoms with Gasteiger partial charge in [-0.25, -0.2) is 0 Å². The zero-order valence-corrected chi connectivity index (χ0v) is 14.7. The summed E-state index contributed by atoms with van der Waals surface area (Å²) in [5.41, 5.74) is 8.95. The van der Waals surface area contributed by atoms with Gasteiger partial charge in [0.1, 0.15) is 0 Å². The van der Waals surface area contributed by atoms with Gasteiger partial charge in [0.05, 0.1) is 0 Å². The van der Waals surface area contributed by atoms with Gasteiger partial charge in [-0.3, -0.25) is 9.69 Å². The Bertz CT molecular complexity index is 552. The second-order valence-electron chi connectivity index (χ2n) is 7.59. The van der Waals surface area contributed by atoms with Crippen LogP contribution in [0.4, 0.5) is 0 Å². The summed E-state index contributed by atoms with van der Waals surface area (Å²) in [7, 11) is 0. The maximum absolute atomic E-state index is 12.3. The predicted octanol–water partition coefficient (Wildman–Crippen LogP) is 2.46. The highest BCUT2D eigenvalue weighted by Gasteiger charge is 2.32. The van der Waals surface area contributed by atoms with Crippen LogP contribution in [0.3, 0.4) is 0 Å². The number of carbonyl (C=O) groups excluding carboxylic acids is 1. The fraction of sp³-hybridized carbons (Fsp3) is 0.650. The molecular formula is C20H31N3O. The highest BCUT2D eigenvalue weighted by molar-refractivity contribution is 5.76. The number of fused-ring (bicyclic) bond motifs is 1. The molecule has 0 bridgehead atoms. The van der Waals surface area contributed by atoms with E-state index < -0.39 is 0 Å². The summed E-state index contributed by atoms with van der Waals surface area (Å²) in [6, 6.07) is 8.67. The minimum Gasteiger partial charge on any atom is -0.355 e. The number of carbonyl (C=O) groups is 1. The lowest BCUT2D eigenvalue weighted by molar-refractivity contribution is -0.123. The minimum atomic E-state index is 0.0619. The van der Waals surface area contributed by atoms with Gasteiger partial charge in [-0.1, -0.05) is 43.5 Å². The third kappa shape index (κ3) is 4.37. The third-order valence-corrected chi connectivity index (χ3v) is 5.84. The molecule has 24 heavy (non-hydrogen) atoms. The van der Waals surface area contributed by atoms with E-state index in [9.17, 15) is 4.79 Å². The Kier molecular flexibility index (Phi) is 5.90. The molecule has 1 saturated carbocycles. The summed E-state index contributed by atoms with van der Waals surface area (Å²) in [6.45, 7) is 4.39. The largest absolute Gasteiger partial charge is 0.355 e. The molecule has 1 aliphatic carbocycles. The molecule has 1 aromatic carbocycles. The van der Waals surface area contributed by atoms with Gasteiger partial charge in [0, 0.05) is 32.6 Å². The van der Waals surface area contributed by atoms with Crippen molar-refractivity contribution in [3.63, 3.8) is 0 Å². The fourth-order valence-electron chi connectivity index (χ4n) is 4.26. The summed E-state index contributed by atoms with van der Waals surface area (Å²) >= 11 is 0. The van der Waals surface area contributed by atoms with Crippen LogP contribution in [-0.2, 0) is 17.8 Å². The molecule has 1 amide bonds. The molecule has 0 atom stereocenters. The molecule has 0 unspecified atom stereocenters. The lowest BCUT2D eigenvalue weighted by Gasteiger charge is -2.35. The van der Waals surface area contributed by atoms with Crippen molar-refractivity contribution in [1.82, 2.24) is 10.2 Å². The van der Waals surface area contributed by atoms with E-state index in [4.69, 9.17) is 5.73 Å². The average molecular weight is 329 g/mol. The van der Waals surface area contributed by atoms with Crippen molar-refractivity contribution < 1.29 is 4.79 Å². The number of nitrogens with one attached hydrogen (secondary N) is 1. The van der Waals surface area contributed by atoms with Crippen molar-refractivity contribution in [2.24, 2.45) is 11.1 Å². The van der Waals surface area contributed by atoms with E-state index in [2.05, 4.69) is 34.5 Å². The Hall–Kier alpha value is -1.39. The predicted molar refractivity (Wildman–Crippen MR) is 97.6 cm³/mol. The molecule has 0 aromatic heterocycles. The van der Waals surface area contributed by atoms with Crippen LogP contribution in [0.15, 0.2) is 24.3 Å². The summed E-state index contributed by atoms with van der Waals surface area (Å²) in [5, 5.41) is 3.12. The molecule has 1 aliphatic heterocycles. The number of nitrogens with two attached hydrogens (primary N) is 1. The first-order valence-corrected chi connectivity index (χ1v) is 9.47. The normalized spacial score (nSPS) is 20.4. The van der Waals surface area contributed by atoms with Crippen LogP contribution in [0.25, 0.3) is 0 Å². The fourth-order valence-corrected chi connectivity index (χ4v) is 4.26. The Morgan fingerprint density at radius 3 is 2.67 bits per heavy atom. The monoisotopic (exact) mass is 329 g/mol. The molecule has 0 spiro atoms. The first kappa shape index (κ1) is 17.4. The van der Waals surface area contributed by atoms with Gasteiger partial charge in [0.15, 0.2) is 0 Å². The molecule has 3 N–H and O–H groups in total. The van der Waals surface area contributed by atoms with Gasteiger partial charge in [-0.2, -0.15) is 0 Å². The zero-order valence-electron chi connectivity index (χ0n) is 14.7. The molecule has 2 aliphatic rings. The highest BCUT2D eigenvalue weighted by atomic mass is 16.1. The van der Waals surface area contributed by atoms with Gasteiger partial charge in [0.2, 0.25) is 5.91 Å². The topological polar surface area (TPSA) is 58.4 Å². The van der Waals surface area contributed by atoms with Crippen LogP contribution in [-0.4, -0.2) is 37.0 Å². The van der Waals surface area contributed by atoms with Crippen LogP contribution in [0.5, 0.6) is 0 Å². The van der Waals surface area contributed by atoms with Crippen molar-refractivity contribution >= 4 is 5.91 Å². The third-order valence-electron chi connectivity index (χ3n) is 5.84. The van der Waals surface area contributed by atoms with E-state index in [1.165, 1.54) is 30.4 Å². The molecule has 0 radical (unpaired) electrons. The SMILES string of the molecule is NCC1(CC(=O)NCCN2CCc3ccccc3C2)CCCCC1. The van der Waals surface area contributed by atoms with Gasteiger partial charge in [-0.05, 0) is 42.3 Å². The number of rotatable bonds is 6. The van der Waals surface area contributed by atoms with Gasteiger partial charge < -0.3 is 11.1 Å². The number of hydrogen-bond acceptors (Lipinski definition) is 3. The van der Waals surface area contributed by atoms with Crippen molar-refractivity contribution in [3.8, 4) is 0 Å². The molecule has 4 heteroatoms. The van der Waals surface area contributed by atoms with Crippen molar-refractivity contribution in [2.75, 3.05) is 26.2 Å². The molecule has 0 saturated heterocycles. The van der Waals surface area contributed by atoms with E-state index in [1.54, 1.807) is 0 Å². The molecular weight excluding hydrogens is 298 g/mol. The zero-order chi connectivity index (χ0) is 16.8. The first-order valence-electron chi connectivity index (χ1n) is 9.47. The smallest absolute Gasteiger partial charge is 0.220 e. The van der Waals surface area contributed by atoms with E-state index in [-0.39, 0.29) is 11.3 Å².